The van der Waals surface area contributed by atoms with Crippen LogP contribution in [0.4, 0.5) is 5.69 Å². The number of hydrogen-bond acceptors (Lipinski definition) is 6. The summed E-state index contributed by atoms with van der Waals surface area (Å²) in [5.41, 5.74) is 2.36. The lowest BCUT2D eigenvalue weighted by Crippen LogP contribution is -2.50. The van der Waals surface area contributed by atoms with Gasteiger partial charge in [-0.3, -0.25) is 24.2 Å². The quantitative estimate of drug-likeness (QED) is 0.686. The minimum atomic E-state index is -0.619. The van der Waals surface area contributed by atoms with E-state index in [0.717, 1.165) is 24.2 Å². The van der Waals surface area contributed by atoms with Crippen molar-refractivity contribution in [2.75, 3.05) is 44.7 Å². The summed E-state index contributed by atoms with van der Waals surface area (Å²) in [6.07, 6.45) is 3.57. The van der Waals surface area contributed by atoms with Gasteiger partial charge in [0, 0.05) is 38.3 Å². The number of carbonyl (C=O) groups excluding carboxylic acids is 3. The normalized spacial score (nSPS) is 19.8. The number of carbonyl (C=O) groups is 3. The van der Waals surface area contributed by atoms with Crippen LogP contribution in [0.25, 0.3) is 5.57 Å². The standard InChI is InChI=1S/C24H25N3O5/c1-24(2)13-15(14-25-6-8-26(9-7-25)22(29)19-5-4-10-32-19)17-11-16(31-3)12-18-20(17)27(24)23(30)21(18)28/h4-5,10-13H,6-9,14H2,1-3H3. The molecule has 0 spiro atoms. The Morgan fingerprint density at radius 3 is 2.50 bits per heavy atom. The zero-order valence-corrected chi connectivity index (χ0v) is 18.4. The highest BCUT2D eigenvalue weighted by atomic mass is 16.5. The van der Waals surface area contributed by atoms with Crippen molar-refractivity contribution in [1.29, 1.82) is 0 Å². The Morgan fingerprint density at radius 1 is 1.12 bits per heavy atom. The fraction of sp³-hybridized carbons (Fsp3) is 0.375. The van der Waals surface area contributed by atoms with Crippen molar-refractivity contribution in [3.8, 4) is 5.75 Å². The largest absolute Gasteiger partial charge is 0.497 e. The van der Waals surface area contributed by atoms with Crippen molar-refractivity contribution >= 4 is 28.9 Å². The lowest BCUT2D eigenvalue weighted by molar-refractivity contribution is -0.115. The van der Waals surface area contributed by atoms with Crippen LogP contribution < -0.4 is 9.64 Å². The lowest BCUT2D eigenvalue weighted by atomic mass is 9.87. The molecule has 0 saturated carbocycles. The maximum absolute atomic E-state index is 12.7. The first-order valence-corrected chi connectivity index (χ1v) is 10.7. The molecule has 3 aliphatic heterocycles. The number of benzene rings is 1. The molecule has 1 fully saturated rings. The zero-order valence-electron chi connectivity index (χ0n) is 18.4. The number of ketones is 1. The highest BCUT2D eigenvalue weighted by Gasteiger charge is 2.47. The van der Waals surface area contributed by atoms with Crippen LogP contribution in [0.5, 0.6) is 5.75 Å². The number of methoxy groups -OCH3 is 1. The maximum atomic E-state index is 12.7. The molecule has 0 N–H and O–H groups in total. The molecule has 32 heavy (non-hydrogen) atoms. The Hall–Kier alpha value is -3.39. The number of hydrogen-bond donors (Lipinski definition) is 0. The molecule has 0 bridgehead atoms. The Labute approximate surface area is 186 Å². The molecule has 8 heteroatoms. The van der Waals surface area contributed by atoms with Gasteiger partial charge in [0.1, 0.15) is 5.75 Å². The molecule has 1 aromatic carbocycles. The Kier molecular flexibility index (Phi) is 4.70. The third-order valence-corrected chi connectivity index (χ3v) is 6.42. The number of piperazine rings is 1. The van der Waals surface area contributed by atoms with E-state index in [0.29, 0.717) is 42.4 Å². The van der Waals surface area contributed by atoms with Gasteiger partial charge in [0.05, 0.1) is 30.2 Å². The number of ether oxygens (including phenoxy) is 1. The number of Topliss-reactive ketones (excluding diaryl/α,β-unsaturated/α-hetero) is 1. The van der Waals surface area contributed by atoms with E-state index < -0.39 is 17.2 Å². The van der Waals surface area contributed by atoms with E-state index in [-0.39, 0.29) is 5.91 Å². The van der Waals surface area contributed by atoms with E-state index in [1.807, 2.05) is 19.9 Å². The van der Waals surface area contributed by atoms with E-state index in [2.05, 4.69) is 11.0 Å². The predicted octanol–water partition coefficient (Wildman–Crippen LogP) is 2.45. The monoisotopic (exact) mass is 435 g/mol. The molecule has 166 valence electrons. The first-order valence-electron chi connectivity index (χ1n) is 10.7. The smallest absolute Gasteiger partial charge is 0.300 e. The van der Waals surface area contributed by atoms with Crippen molar-refractivity contribution in [2.24, 2.45) is 0 Å². The molecule has 1 saturated heterocycles. The van der Waals surface area contributed by atoms with Crippen LogP contribution in [0.3, 0.4) is 0 Å². The highest BCUT2D eigenvalue weighted by molar-refractivity contribution is 6.53. The summed E-state index contributed by atoms with van der Waals surface area (Å²) in [4.78, 5) is 43.6. The van der Waals surface area contributed by atoms with Crippen molar-refractivity contribution < 1.29 is 23.5 Å². The molecule has 2 aromatic rings. The van der Waals surface area contributed by atoms with E-state index >= 15 is 0 Å². The Morgan fingerprint density at radius 2 is 1.84 bits per heavy atom. The van der Waals surface area contributed by atoms with Crippen molar-refractivity contribution in [1.82, 2.24) is 9.80 Å². The first-order chi connectivity index (χ1) is 15.3. The van der Waals surface area contributed by atoms with Crippen molar-refractivity contribution in [2.45, 2.75) is 19.4 Å². The van der Waals surface area contributed by atoms with Gasteiger partial charge in [0.25, 0.3) is 17.6 Å². The fourth-order valence-corrected chi connectivity index (χ4v) is 4.86. The van der Waals surface area contributed by atoms with Crippen molar-refractivity contribution in [3.63, 3.8) is 0 Å². The van der Waals surface area contributed by atoms with Gasteiger partial charge in [-0.05, 0) is 43.7 Å². The van der Waals surface area contributed by atoms with Gasteiger partial charge in [0.15, 0.2) is 5.76 Å². The van der Waals surface area contributed by atoms with Gasteiger partial charge in [-0.1, -0.05) is 6.08 Å². The number of amides is 2. The summed E-state index contributed by atoms with van der Waals surface area (Å²) >= 11 is 0. The summed E-state index contributed by atoms with van der Waals surface area (Å²) in [5, 5.41) is 0. The van der Waals surface area contributed by atoms with E-state index in [1.165, 1.54) is 6.26 Å². The predicted molar refractivity (Wildman–Crippen MR) is 118 cm³/mol. The second-order valence-electron chi connectivity index (χ2n) is 8.91. The minimum Gasteiger partial charge on any atom is -0.497 e. The second kappa shape index (κ2) is 7.34. The molecule has 0 atom stereocenters. The Bertz CT molecular complexity index is 1140. The molecule has 5 rings (SSSR count). The Balaban J connectivity index is 1.40. The minimum absolute atomic E-state index is 0.0917. The maximum Gasteiger partial charge on any atom is 0.300 e. The average molecular weight is 435 g/mol. The summed E-state index contributed by atoms with van der Waals surface area (Å²) in [6.45, 7) is 7.20. The van der Waals surface area contributed by atoms with Gasteiger partial charge in [-0.25, -0.2) is 0 Å². The summed E-state index contributed by atoms with van der Waals surface area (Å²) in [6, 6.07) is 6.94. The van der Waals surface area contributed by atoms with E-state index in [9.17, 15) is 14.4 Å². The van der Waals surface area contributed by atoms with Gasteiger partial charge in [-0.2, -0.15) is 0 Å². The summed E-state index contributed by atoms with van der Waals surface area (Å²) in [5.74, 6) is -0.170. The lowest BCUT2D eigenvalue weighted by Gasteiger charge is -2.41. The topological polar surface area (TPSA) is 83.3 Å². The molecule has 0 unspecified atom stereocenters. The fourth-order valence-electron chi connectivity index (χ4n) is 4.86. The van der Waals surface area contributed by atoms with Gasteiger partial charge in [0.2, 0.25) is 0 Å². The first kappa shape index (κ1) is 20.5. The molecule has 4 heterocycles. The molecule has 0 radical (unpaired) electrons. The van der Waals surface area contributed by atoms with Crippen LogP contribution in [0, 0.1) is 0 Å². The van der Waals surface area contributed by atoms with Gasteiger partial charge < -0.3 is 14.1 Å². The van der Waals surface area contributed by atoms with Crippen LogP contribution >= 0.6 is 0 Å². The third kappa shape index (κ3) is 3.14. The van der Waals surface area contributed by atoms with E-state index in [4.69, 9.17) is 9.15 Å². The molecule has 3 aliphatic rings. The molecule has 8 nitrogen and oxygen atoms in total. The highest BCUT2D eigenvalue weighted by Crippen LogP contribution is 2.47. The summed E-state index contributed by atoms with van der Waals surface area (Å²) in [7, 11) is 1.55. The molecule has 2 amide bonds. The van der Waals surface area contributed by atoms with Gasteiger partial charge >= 0.3 is 0 Å². The van der Waals surface area contributed by atoms with E-state index in [1.54, 1.807) is 35.1 Å². The second-order valence-corrected chi connectivity index (χ2v) is 8.91. The molecule has 0 aliphatic carbocycles. The molecule has 1 aromatic heterocycles. The van der Waals surface area contributed by atoms with Crippen LogP contribution in [0.1, 0.15) is 40.3 Å². The van der Waals surface area contributed by atoms with Crippen LogP contribution in [-0.2, 0) is 4.79 Å². The molecular formula is C24H25N3O5. The average Bonchev–Trinajstić information content (AvgIpc) is 3.40. The van der Waals surface area contributed by atoms with Crippen LogP contribution in [0.15, 0.2) is 41.0 Å². The van der Waals surface area contributed by atoms with Gasteiger partial charge in [-0.15, -0.1) is 0 Å². The summed E-state index contributed by atoms with van der Waals surface area (Å²) < 4.78 is 10.7. The number of furan rings is 1. The van der Waals surface area contributed by atoms with Crippen molar-refractivity contribution in [3.05, 3.63) is 53.5 Å². The van der Waals surface area contributed by atoms with Crippen LogP contribution in [-0.4, -0.2) is 72.8 Å². The third-order valence-electron chi connectivity index (χ3n) is 6.42. The zero-order chi connectivity index (χ0) is 22.6. The number of nitrogens with zero attached hydrogens (tertiary/aromatic N) is 3. The number of anilines is 1. The van der Waals surface area contributed by atoms with Crippen LogP contribution in [0.2, 0.25) is 0 Å². The SMILES string of the molecule is COc1cc2c3c(c1)C(CN1CCN(C(=O)c4ccco4)CC1)=CC(C)(C)N3C(=O)C2=O. The molecular weight excluding hydrogens is 410 g/mol. The number of rotatable bonds is 4.